The second kappa shape index (κ2) is 37.2. The van der Waals surface area contributed by atoms with E-state index >= 15 is 0 Å². The van der Waals surface area contributed by atoms with Crippen LogP contribution in [0.1, 0.15) is 280 Å². The summed E-state index contributed by atoms with van der Waals surface area (Å²) >= 11 is -4.81. The van der Waals surface area contributed by atoms with Gasteiger partial charge in [0.25, 0.3) is 0 Å². The van der Waals surface area contributed by atoms with Crippen molar-refractivity contribution < 1.29 is 65.2 Å². The van der Waals surface area contributed by atoms with Gasteiger partial charge in [0.1, 0.15) is 0 Å². The maximum atomic E-state index is 11.0. The molecule has 0 saturated heterocycles. The van der Waals surface area contributed by atoms with Gasteiger partial charge in [0, 0.05) is 0 Å². The summed E-state index contributed by atoms with van der Waals surface area (Å²) < 4.78 is 9.17. The van der Waals surface area contributed by atoms with Crippen LogP contribution in [0.25, 0.3) is 68.8 Å². The average Bonchev–Trinajstić information content (AvgIpc) is 1.59. The molecule has 14 rings (SSSR count). The van der Waals surface area contributed by atoms with Crippen LogP contribution < -0.4 is 22.6 Å². The zero-order valence-corrected chi connectivity index (χ0v) is 78.0. The number of halogens is 1. The van der Waals surface area contributed by atoms with Crippen molar-refractivity contribution in [1.29, 1.82) is 0 Å². The van der Waals surface area contributed by atoms with E-state index in [1.54, 1.807) is 47.8 Å². The molecule has 0 saturated carbocycles. The molecule has 4 unspecified atom stereocenters. The van der Waals surface area contributed by atoms with Crippen LogP contribution in [-0.4, -0.2) is 7.42 Å². The maximum Gasteiger partial charge on any atom is -1.00 e. The topological polar surface area (TPSA) is 46.1 Å². The second-order valence-electron chi connectivity index (χ2n) is 36.6. The SMILES string of the molecule is CCCC1=Cc2c(-c3ccc(C(C)(C)C)cc3)cccc2[CH]1[Zr](=[C](C)C)[CH]1C(CCC)=Cc2c(-c3ccc(C(C)(C)C)cc3)cccc21.Cc1cccc(C)c1[O-].Cc1cccc(C)c1[O-].[CH2]=[Zr]([CH]1C(CCC)=Cc2c(-c3ccc(C(C)(C)C)cc3)cccc21)[CH]1C(CCC)=Cc2c(-c3ccc(C(C)(C)C)cc3)cccc21.[Cl-]. The van der Waals surface area contributed by atoms with Gasteiger partial charge in [0.2, 0.25) is 0 Å². The third-order valence-electron chi connectivity index (χ3n) is 23.8. The molecular weight excluding hydrogens is 1550 g/mol. The fraction of sp³-hybridized carbons (Fsp3) is 0.352. The van der Waals surface area contributed by atoms with Gasteiger partial charge in [-0.1, -0.05) is 58.7 Å². The maximum absolute atomic E-state index is 11.0. The van der Waals surface area contributed by atoms with Gasteiger partial charge in [-0.25, -0.2) is 0 Å². The minimum atomic E-state index is -2.41. The Kier molecular flexibility index (Phi) is 29.0. The van der Waals surface area contributed by atoms with E-state index in [1.165, 1.54) is 128 Å². The number of rotatable bonds is 16. The van der Waals surface area contributed by atoms with Crippen LogP contribution in [0.2, 0.25) is 0 Å². The number of hydrogen-bond donors (Lipinski definition) is 0. The summed E-state index contributed by atoms with van der Waals surface area (Å²) in [5.41, 5.74) is 39.2. The molecule has 0 N–H and O–H groups in total. The summed E-state index contributed by atoms with van der Waals surface area (Å²) in [6.45, 7) is 49.3. The van der Waals surface area contributed by atoms with Crippen molar-refractivity contribution in [3.63, 3.8) is 0 Å². The first-order valence-corrected chi connectivity index (χ1v) is 50.4. The Bertz CT molecular complexity index is 4850. The van der Waals surface area contributed by atoms with Crippen molar-refractivity contribution in [3.8, 4) is 56.0 Å². The van der Waals surface area contributed by atoms with E-state index in [1.807, 2.05) is 64.1 Å². The van der Waals surface area contributed by atoms with Crippen LogP contribution >= 0.6 is 0 Å². The van der Waals surface area contributed by atoms with Gasteiger partial charge in [0.05, 0.1) is 0 Å². The van der Waals surface area contributed by atoms with E-state index < -0.39 is 42.5 Å². The number of aryl methyl sites for hydroxylation is 4. The zero-order chi connectivity index (χ0) is 80.9. The third-order valence-corrected chi connectivity index (χ3v) is 40.0. The van der Waals surface area contributed by atoms with Gasteiger partial charge in [-0.05, 0) is 27.7 Å². The van der Waals surface area contributed by atoms with Crippen molar-refractivity contribution in [2.45, 2.75) is 240 Å². The standard InChI is InChI=1S/4C22H25.2C8H10O.C3H6.CH2.ClH.2Zr/c4*1-5-7-16-14-18-8-6-9-20(21(18)15-16)17-10-12-19(13-11-17)22(2,3)4;2*1-6-4-3-5-7(2)8(6)9;1-3-2;;;;/h4*6,8-15H,5,7H2,1-4H3;2*3-5,9H,1-2H3;1-2H3;1H2;1H;;/p-3. The van der Waals surface area contributed by atoms with E-state index in [0.29, 0.717) is 14.5 Å². The molecule has 0 fully saturated rings. The number of para-hydroxylation sites is 2. The third kappa shape index (κ3) is 19.7. The van der Waals surface area contributed by atoms with Gasteiger partial charge in [0.15, 0.2) is 0 Å². The molecule has 4 aliphatic carbocycles. The first-order chi connectivity index (χ1) is 53.2. The predicted molar refractivity (Wildman–Crippen MR) is 479 cm³/mol. The Hall–Kier alpha value is -7.44. The molecule has 4 atom stereocenters. The largest absolute Gasteiger partial charge is 1.00 e. The van der Waals surface area contributed by atoms with Crippen LogP contribution in [0, 0.1) is 27.7 Å². The molecule has 10 aromatic carbocycles. The van der Waals surface area contributed by atoms with E-state index in [0.717, 1.165) is 35.1 Å². The van der Waals surface area contributed by atoms with Gasteiger partial charge in [-0.2, -0.15) is 0 Å². The Balaban J connectivity index is 0.000000194. The fourth-order valence-electron chi connectivity index (χ4n) is 17.6. The smallest absolute Gasteiger partial charge is 1.00 e. The predicted octanol–water partition coefficient (Wildman–Crippen LogP) is 26.2. The Morgan fingerprint density at radius 1 is 0.310 bits per heavy atom. The van der Waals surface area contributed by atoms with Crippen LogP contribution in [0.15, 0.2) is 229 Å². The van der Waals surface area contributed by atoms with Crippen molar-refractivity contribution >= 4 is 31.7 Å². The van der Waals surface area contributed by atoms with E-state index in [4.69, 9.17) is 4.21 Å². The summed E-state index contributed by atoms with van der Waals surface area (Å²) in [5, 5.41) is 21.9. The molecule has 5 heteroatoms. The number of hydrogen-bond acceptors (Lipinski definition) is 2. The van der Waals surface area contributed by atoms with E-state index in [-0.39, 0.29) is 45.6 Å². The summed E-state index contributed by atoms with van der Waals surface area (Å²) in [6.07, 6.45) is 19.9. The molecule has 4 aliphatic rings. The molecule has 588 valence electrons. The minimum absolute atomic E-state index is 0. The summed E-state index contributed by atoms with van der Waals surface area (Å²) in [7, 11) is 0. The average molecular weight is 1670 g/mol. The first kappa shape index (κ1) is 87.9. The fourth-order valence-corrected chi connectivity index (χ4v) is 34.7. The van der Waals surface area contributed by atoms with Crippen molar-refractivity contribution in [2.75, 3.05) is 0 Å². The van der Waals surface area contributed by atoms with Crippen molar-refractivity contribution in [1.82, 2.24) is 0 Å². The van der Waals surface area contributed by atoms with Gasteiger partial charge in [-0.3, -0.25) is 0 Å². The molecule has 0 heterocycles. The Morgan fingerprint density at radius 3 is 0.708 bits per heavy atom. The number of benzene rings is 10. The van der Waals surface area contributed by atoms with Crippen LogP contribution in [-0.2, 0) is 64.2 Å². The number of fused-ring (bicyclic) bond motifs is 4. The van der Waals surface area contributed by atoms with Crippen LogP contribution in [0.3, 0.4) is 0 Å². The normalized spacial score (nSPS) is 15.9. The summed E-state index contributed by atoms with van der Waals surface area (Å²) in [6, 6.07) is 77.1. The minimum Gasteiger partial charge on any atom is -1.00 e. The number of allylic oxidation sites excluding steroid dienone is 4. The quantitative estimate of drug-likeness (QED) is 0.0968. The molecule has 10 aromatic rings. The molecule has 0 bridgehead atoms. The van der Waals surface area contributed by atoms with Gasteiger partial charge >= 0.3 is 590 Å². The summed E-state index contributed by atoms with van der Waals surface area (Å²) in [4.78, 5) is 0. The van der Waals surface area contributed by atoms with Crippen LogP contribution in [0.4, 0.5) is 0 Å². The molecule has 0 spiro atoms. The molecule has 0 aliphatic heterocycles. The molecule has 2 nitrogen and oxygen atoms in total. The Morgan fingerprint density at radius 2 is 0.513 bits per heavy atom. The van der Waals surface area contributed by atoms with Gasteiger partial charge < -0.3 is 22.6 Å². The molecule has 0 radical (unpaired) electrons. The monoisotopic (exact) mass is 1670 g/mol. The molecule has 113 heavy (non-hydrogen) atoms. The molecule has 0 amide bonds. The Labute approximate surface area is 703 Å². The van der Waals surface area contributed by atoms with E-state index in [2.05, 4.69) is 319 Å². The van der Waals surface area contributed by atoms with Crippen LogP contribution in [0.5, 0.6) is 11.5 Å². The second-order valence-corrected chi connectivity index (χ2v) is 49.8. The first-order valence-electron chi connectivity index (χ1n) is 41.8. The van der Waals surface area contributed by atoms with Crippen molar-refractivity contribution in [3.05, 3.63) is 318 Å². The molecular formula is C108H126ClO2Zr2-3. The molecule has 0 aromatic heterocycles. The zero-order valence-electron chi connectivity index (χ0n) is 72.3. The summed E-state index contributed by atoms with van der Waals surface area (Å²) in [5.74, 6) is 0.329. The van der Waals surface area contributed by atoms with Crippen molar-refractivity contribution in [2.24, 2.45) is 0 Å². The van der Waals surface area contributed by atoms with E-state index in [9.17, 15) is 10.2 Å². The van der Waals surface area contributed by atoms with Gasteiger partial charge in [-0.15, -0.1) is 11.5 Å².